The van der Waals surface area contributed by atoms with Crippen LogP contribution in [0, 0.1) is 5.92 Å². The maximum atomic E-state index is 10.6. The fourth-order valence-electron chi connectivity index (χ4n) is 3.85. The topological polar surface area (TPSA) is 29.5 Å². The van der Waals surface area contributed by atoms with Crippen LogP contribution in [0.3, 0.4) is 0 Å². The van der Waals surface area contributed by atoms with Crippen molar-refractivity contribution < 1.29 is 14.0 Å². The zero-order chi connectivity index (χ0) is 17.7. The Balaban J connectivity index is 2.13. The van der Waals surface area contributed by atoms with Crippen molar-refractivity contribution in [3.63, 3.8) is 0 Å². The van der Waals surface area contributed by atoms with Gasteiger partial charge in [0.1, 0.15) is 17.1 Å². The molecular weight excluding hydrogens is 260 g/mol. The van der Waals surface area contributed by atoms with E-state index in [1.165, 1.54) is 0 Å². The number of fused-ring (bicyclic) bond motifs is 3. The highest BCUT2D eigenvalue weighted by Gasteiger charge is 2.45. The number of aromatic hydroxyl groups is 1. The van der Waals surface area contributed by atoms with Crippen LogP contribution in [0.4, 0.5) is 0 Å². The van der Waals surface area contributed by atoms with Crippen molar-refractivity contribution in [1.29, 1.82) is 0 Å². The highest BCUT2D eigenvalue weighted by Crippen LogP contribution is 2.53. The van der Waals surface area contributed by atoms with Crippen molar-refractivity contribution >= 4 is 0 Å². The van der Waals surface area contributed by atoms with Gasteiger partial charge in [0.25, 0.3) is 0 Å². The third kappa shape index (κ3) is 2.45. The second-order valence-electron chi connectivity index (χ2n) is 6.85. The Labute approximate surface area is 132 Å². The van der Waals surface area contributed by atoms with Crippen molar-refractivity contribution in [2.75, 3.05) is 0 Å². The largest absolute Gasteiger partial charge is 0.507 e. The van der Waals surface area contributed by atoms with Gasteiger partial charge in [-0.3, -0.25) is 0 Å². The highest BCUT2D eigenvalue weighted by atomic mass is 16.5. The van der Waals surface area contributed by atoms with E-state index in [4.69, 9.17) is 8.85 Å². The number of aryl methyl sites for hydroxylation is 1. The number of phenolic OH excluding ortho intramolecular Hbond substituents is 1. The number of hydrogen-bond donors (Lipinski definition) is 1. The van der Waals surface area contributed by atoms with Gasteiger partial charge in [0.15, 0.2) is 0 Å². The average Bonchev–Trinajstić information content (AvgIpc) is 2.45. The summed E-state index contributed by atoms with van der Waals surface area (Å²) < 4.78 is 29.4. The number of allylic oxidation sites excluding steroid dienone is 2. The van der Waals surface area contributed by atoms with Crippen LogP contribution in [0.5, 0.6) is 11.5 Å². The van der Waals surface area contributed by atoms with Crippen LogP contribution < -0.4 is 4.74 Å². The summed E-state index contributed by atoms with van der Waals surface area (Å²) in [6.07, 6.45) is 5.07. The van der Waals surface area contributed by atoms with Crippen LogP contribution in [0.2, 0.25) is 0 Å². The normalized spacial score (nSPS) is 29.1. The molecule has 0 radical (unpaired) electrons. The molecule has 1 aromatic carbocycles. The van der Waals surface area contributed by atoms with Gasteiger partial charge in [0.2, 0.25) is 0 Å². The molecule has 0 amide bonds. The molecule has 0 saturated carbocycles. The lowest BCUT2D eigenvalue weighted by Gasteiger charge is -2.46. The molecule has 2 atom stereocenters. The lowest BCUT2D eigenvalue weighted by atomic mass is 9.68. The number of phenols is 1. The molecule has 1 aliphatic heterocycles. The molecule has 2 unspecified atom stereocenters. The van der Waals surface area contributed by atoms with E-state index in [-0.39, 0.29) is 23.2 Å². The first-order valence-corrected chi connectivity index (χ1v) is 7.89. The predicted octanol–water partition coefficient (Wildman–Crippen LogP) is 4.96. The maximum Gasteiger partial charge on any atom is 0.127 e. The van der Waals surface area contributed by atoms with Crippen LogP contribution in [0.25, 0.3) is 0 Å². The second-order valence-corrected chi connectivity index (χ2v) is 6.85. The minimum atomic E-state index is -2.06. The summed E-state index contributed by atoms with van der Waals surface area (Å²) in [5.74, 6) is 0.986. The summed E-state index contributed by atoms with van der Waals surface area (Å²) in [5, 5.41) is 10.6. The SMILES string of the molecule is [2H]C([2H])([2H])C1=CC2c3c(O)cc(CCC)cc3OC(C)(C)C2CC1. The van der Waals surface area contributed by atoms with E-state index in [0.717, 1.165) is 30.4 Å². The molecule has 2 nitrogen and oxygen atoms in total. The molecule has 1 aromatic rings. The van der Waals surface area contributed by atoms with Crippen molar-refractivity contribution in [1.82, 2.24) is 0 Å². The third-order valence-corrected chi connectivity index (χ3v) is 4.86. The molecule has 3 rings (SSSR count). The van der Waals surface area contributed by atoms with Crippen molar-refractivity contribution in [2.45, 2.75) is 64.8 Å². The number of hydrogen-bond acceptors (Lipinski definition) is 2. The zero-order valence-corrected chi connectivity index (χ0v) is 13.1. The van der Waals surface area contributed by atoms with Crippen LogP contribution >= 0.6 is 0 Å². The van der Waals surface area contributed by atoms with Gasteiger partial charge in [-0.1, -0.05) is 25.0 Å². The number of ether oxygens (including phenoxy) is 1. The van der Waals surface area contributed by atoms with E-state index < -0.39 is 6.85 Å². The lowest BCUT2D eigenvalue weighted by Crippen LogP contribution is -2.45. The summed E-state index contributed by atoms with van der Waals surface area (Å²) in [6.45, 7) is 4.16. The van der Waals surface area contributed by atoms with Gasteiger partial charge in [-0.25, -0.2) is 0 Å². The first kappa shape index (κ1) is 11.2. The Kier molecular flexibility index (Phi) is 2.70. The molecule has 0 fully saturated rings. The molecule has 0 bridgehead atoms. The van der Waals surface area contributed by atoms with E-state index in [1.807, 2.05) is 12.1 Å². The fourth-order valence-corrected chi connectivity index (χ4v) is 3.85. The van der Waals surface area contributed by atoms with Gasteiger partial charge in [0, 0.05) is 21.5 Å². The van der Waals surface area contributed by atoms with Crippen molar-refractivity contribution in [3.8, 4) is 11.5 Å². The number of rotatable bonds is 2. The lowest BCUT2D eigenvalue weighted by molar-refractivity contribution is 0.0107. The monoisotopic (exact) mass is 289 g/mol. The Morgan fingerprint density at radius 2 is 2.24 bits per heavy atom. The molecule has 21 heavy (non-hydrogen) atoms. The summed E-state index contributed by atoms with van der Waals surface area (Å²) in [7, 11) is 0. The van der Waals surface area contributed by atoms with Gasteiger partial charge >= 0.3 is 0 Å². The first-order chi connectivity index (χ1) is 11.1. The van der Waals surface area contributed by atoms with E-state index in [1.54, 1.807) is 6.07 Å². The Bertz CT molecular complexity index is 674. The number of benzene rings is 1. The standard InChI is InChI=1S/C19H26O2/c1-5-6-13-10-16(20)18-14-9-12(2)7-8-15(14)19(3,4)21-17(18)11-13/h9-11,14-15,20H,5-8H2,1-4H3/i2D3. The molecule has 2 heteroatoms. The van der Waals surface area contributed by atoms with Crippen LogP contribution in [0.15, 0.2) is 23.8 Å². The first-order valence-electron chi connectivity index (χ1n) is 9.39. The molecule has 0 spiro atoms. The van der Waals surface area contributed by atoms with Gasteiger partial charge < -0.3 is 9.84 Å². The van der Waals surface area contributed by atoms with E-state index in [0.29, 0.717) is 17.7 Å². The minimum Gasteiger partial charge on any atom is -0.507 e. The summed E-state index contributed by atoms with van der Waals surface area (Å²) >= 11 is 0. The van der Waals surface area contributed by atoms with Crippen LogP contribution in [-0.2, 0) is 6.42 Å². The maximum absolute atomic E-state index is 10.6. The van der Waals surface area contributed by atoms with Crippen LogP contribution in [-0.4, -0.2) is 10.7 Å². The quantitative estimate of drug-likeness (QED) is 0.780. The van der Waals surface area contributed by atoms with E-state index in [9.17, 15) is 5.11 Å². The average molecular weight is 289 g/mol. The van der Waals surface area contributed by atoms with E-state index >= 15 is 0 Å². The molecule has 2 aliphatic rings. The van der Waals surface area contributed by atoms with Crippen molar-refractivity contribution in [3.05, 3.63) is 34.9 Å². The summed E-state index contributed by atoms with van der Waals surface area (Å²) in [5.41, 5.74) is 1.93. The van der Waals surface area contributed by atoms with Crippen LogP contribution in [0.1, 0.15) is 68.0 Å². The zero-order valence-electron chi connectivity index (χ0n) is 16.1. The van der Waals surface area contributed by atoms with E-state index in [2.05, 4.69) is 20.8 Å². The minimum absolute atomic E-state index is 0.108. The highest BCUT2D eigenvalue weighted by molar-refractivity contribution is 5.53. The molecule has 1 heterocycles. The third-order valence-electron chi connectivity index (χ3n) is 4.86. The Hall–Kier alpha value is -1.44. The Morgan fingerprint density at radius 3 is 2.95 bits per heavy atom. The van der Waals surface area contributed by atoms with Gasteiger partial charge in [-0.15, -0.1) is 0 Å². The molecule has 1 aliphatic carbocycles. The summed E-state index contributed by atoms with van der Waals surface area (Å²) in [4.78, 5) is 0. The molecule has 114 valence electrons. The Morgan fingerprint density at radius 1 is 1.43 bits per heavy atom. The smallest absolute Gasteiger partial charge is 0.127 e. The van der Waals surface area contributed by atoms with Gasteiger partial charge in [-0.05, 0) is 57.7 Å². The molecular formula is C19H26O2. The molecule has 1 N–H and O–H groups in total. The second kappa shape index (κ2) is 5.08. The van der Waals surface area contributed by atoms with Crippen molar-refractivity contribution in [2.24, 2.45) is 5.92 Å². The molecule has 0 saturated heterocycles. The fraction of sp³-hybridized carbons (Fsp3) is 0.579. The predicted molar refractivity (Wildman–Crippen MR) is 86.0 cm³/mol. The van der Waals surface area contributed by atoms with Gasteiger partial charge in [-0.2, -0.15) is 0 Å². The summed E-state index contributed by atoms with van der Waals surface area (Å²) in [6, 6.07) is 3.81. The molecule has 0 aromatic heterocycles. The van der Waals surface area contributed by atoms with Gasteiger partial charge in [0.05, 0.1) is 0 Å².